The zero-order valence-corrected chi connectivity index (χ0v) is 13.6. The van der Waals surface area contributed by atoms with Gasteiger partial charge in [-0.25, -0.2) is 4.39 Å². The fourth-order valence-electron chi connectivity index (χ4n) is 2.37. The Balaban J connectivity index is 2.12. The molecule has 0 aliphatic heterocycles. The summed E-state index contributed by atoms with van der Waals surface area (Å²) in [4.78, 5) is 12.5. The Morgan fingerprint density at radius 1 is 1.29 bits per heavy atom. The Morgan fingerprint density at radius 3 is 2.71 bits per heavy atom. The monoisotopic (exact) mass is 326 g/mol. The van der Waals surface area contributed by atoms with E-state index in [0.29, 0.717) is 11.1 Å². The van der Waals surface area contributed by atoms with Crippen LogP contribution in [0.1, 0.15) is 36.1 Å². The molecule has 0 saturated carbocycles. The number of nitrogens with zero attached hydrogens (tertiary/aromatic N) is 1. The number of halogens is 1. The maximum absolute atomic E-state index is 13.4. The Bertz CT molecular complexity index is 794. The molecular weight excluding hydrogens is 307 g/mol. The van der Waals surface area contributed by atoms with E-state index < -0.39 is 11.2 Å². The molecule has 0 saturated heterocycles. The fourth-order valence-corrected chi connectivity index (χ4v) is 2.37. The van der Waals surface area contributed by atoms with Gasteiger partial charge in [0.15, 0.2) is 0 Å². The number of rotatable bonds is 5. The van der Waals surface area contributed by atoms with Crippen molar-refractivity contribution in [2.75, 3.05) is 0 Å². The minimum absolute atomic E-state index is 0.197. The van der Waals surface area contributed by atoms with Gasteiger partial charge < -0.3 is 10.4 Å². The van der Waals surface area contributed by atoms with Crippen LogP contribution in [0.2, 0.25) is 0 Å². The molecule has 0 heterocycles. The average Bonchev–Trinajstić information content (AvgIpc) is 2.60. The fraction of sp³-hybridized carbons (Fsp3) is 0.263. The molecule has 0 bridgehead atoms. The zero-order chi connectivity index (χ0) is 17.7. The standard InChI is InChI=1S/C19H19FN2O2/c1-19(2,16-5-3-4-13(9-16)10-21)18(24)22-11-14-6-7-17(20)15(8-14)12-23/h3-9,23H,11-12H2,1-2H3,(H,22,24). The second kappa shape index (κ2) is 7.24. The van der Waals surface area contributed by atoms with Crippen LogP contribution in [0.15, 0.2) is 42.5 Å². The predicted molar refractivity (Wildman–Crippen MR) is 88.4 cm³/mol. The summed E-state index contributed by atoms with van der Waals surface area (Å²) in [7, 11) is 0. The molecule has 0 aromatic heterocycles. The van der Waals surface area contributed by atoms with Crippen molar-refractivity contribution < 1.29 is 14.3 Å². The number of benzene rings is 2. The van der Waals surface area contributed by atoms with E-state index in [1.807, 2.05) is 6.07 Å². The van der Waals surface area contributed by atoms with Gasteiger partial charge in [0.2, 0.25) is 5.91 Å². The molecule has 1 amide bonds. The lowest BCUT2D eigenvalue weighted by atomic mass is 9.83. The van der Waals surface area contributed by atoms with Gasteiger partial charge in [-0.15, -0.1) is 0 Å². The molecule has 2 aromatic carbocycles. The van der Waals surface area contributed by atoms with Gasteiger partial charge in [-0.1, -0.05) is 18.2 Å². The maximum atomic E-state index is 13.4. The van der Waals surface area contributed by atoms with Gasteiger partial charge in [0, 0.05) is 12.1 Å². The third-order valence-corrected chi connectivity index (χ3v) is 4.01. The summed E-state index contributed by atoms with van der Waals surface area (Å²) in [5.41, 5.74) is 1.33. The minimum atomic E-state index is -0.813. The molecule has 0 unspecified atom stereocenters. The van der Waals surface area contributed by atoms with Crippen LogP contribution in [0.4, 0.5) is 4.39 Å². The normalized spacial score (nSPS) is 11.0. The topological polar surface area (TPSA) is 73.1 Å². The first-order valence-electron chi connectivity index (χ1n) is 7.55. The molecule has 0 aliphatic carbocycles. The van der Waals surface area contributed by atoms with Crippen molar-refractivity contribution in [2.24, 2.45) is 0 Å². The third kappa shape index (κ3) is 3.79. The average molecular weight is 326 g/mol. The lowest BCUT2D eigenvalue weighted by Crippen LogP contribution is -2.39. The highest BCUT2D eigenvalue weighted by Gasteiger charge is 2.29. The molecule has 4 nitrogen and oxygen atoms in total. The van der Waals surface area contributed by atoms with Crippen LogP contribution in [0, 0.1) is 17.1 Å². The molecule has 2 rings (SSSR count). The Hall–Kier alpha value is -2.71. The van der Waals surface area contributed by atoms with E-state index in [4.69, 9.17) is 10.4 Å². The summed E-state index contributed by atoms with van der Waals surface area (Å²) in [6.07, 6.45) is 0. The first kappa shape index (κ1) is 17.6. The van der Waals surface area contributed by atoms with Gasteiger partial charge in [0.25, 0.3) is 0 Å². The van der Waals surface area contributed by atoms with Crippen molar-refractivity contribution >= 4 is 5.91 Å². The molecule has 124 valence electrons. The van der Waals surface area contributed by atoms with E-state index in [1.54, 1.807) is 38.1 Å². The van der Waals surface area contributed by atoms with Crippen LogP contribution < -0.4 is 5.32 Å². The SMILES string of the molecule is CC(C)(C(=O)NCc1ccc(F)c(CO)c1)c1cccc(C#N)c1. The molecule has 0 aliphatic rings. The smallest absolute Gasteiger partial charge is 0.230 e. The Morgan fingerprint density at radius 2 is 2.04 bits per heavy atom. The van der Waals surface area contributed by atoms with Gasteiger partial charge in [0.05, 0.1) is 23.7 Å². The first-order valence-corrected chi connectivity index (χ1v) is 7.55. The van der Waals surface area contributed by atoms with Gasteiger partial charge in [-0.3, -0.25) is 4.79 Å². The molecular formula is C19H19FN2O2. The molecule has 0 radical (unpaired) electrons. The first-order chi connectivity index (χ1) is 11.4. The van der Waals surface area contributed by atoms with Crippen LogP contribution in [-0.2, 0) is 23.4 Å². The molecule has 0 spiro atoms. The van der Waals surface area contributed by atoms with Gasteiger partial charge in [-0.2, -0.15) is 5.26 Å². The number of nitrogens with one attached hydrogen (secondary N) is 1. The van der Waals surface area contributed by atoms with Crippen molar-refractivity contribution in [3.05, 3.63) is 70.5 Å². The molecule has 2 N–H and O–H groups in total. The van der Waals surface area contributed by atoms with Crippen molar-refractivity contribution in [2.45, 2.75) is 32.4 Å². The van der Waals surface area contributed by atoms with E-state index in [0.717, 1.165) is 5.56 Å². The van der Waals surface area contributed by atoms with Gasteiger partial charge in [-0.05, 0) is 49.2 Å². The summed E-state index contributed by atoms with van der Waals surface area (Å²) in [6.45, 7) is 3.40. The quantitative estimate of drug-likeness (QED) is 0.887. The van der Waals surface area contributed by atoms with Crippen LogP contribution in [0.5, 0.6) is 0 Å². The van der Waals surface area contributed by atoms with E-state index in [-0.39, 0.29) is 24.6 Å². The van der Waals surface area contributed by atoms with E-state index in [2.05, 4.69) is 11.4 Å². The predicted octanol–water partition coefficient (Wildman–Crippen LogP) is 2.78. The summed E-state index contributed by atoms with van der Waals surface area (Å²) < 4.78 is 13.4. The highest BCUT2D eigenvalue weighted by Crippen LogP contribution is 2.24. The van der Waals surface area contributed by atoms with Crippen LogP contribution in [-0.4, -0.2) is 11.0 Å². The lowest BCUT2D eigenvalue weighted by Gasteiger charge is -2.24. The highest BCUT2D eigenvalue weighted by atomic mass is 19.1. The largest absolute Gasteiger partial charge is 0.392 e. The molecule has 0 atom stereocenters. The van der Waals surface area contributed by atoms with Crippen LogP contribution in [0.25, 0.3) is 0 Å². The third-order valence-electron chi connectivity index (χ3n) is 4.01. The minimum Gasteiger partial charge on any atom is -0.392 e. The second-order valence-electron chi connectivity index (χ2n) is 6.08. The van der Waals surface area contributed by atoms with Crippen molar-refractivity contribution in [3.63, 3.8) is 0 Å². The van der Waals surface area contributed by atoms with Gasteiger partial charge in [0.1, 0.15) is 5.82 Å². The summed E-state index contributed by atoms with van der Waals surface area (Å²) in [6, 6.07) is 13.4. The van der Waals surface area contributed by atoms with Crippen molar-refractivity contribution in [3.8, 4) is 6.07 Å². The number of nitriles is 1. The number of hydrogen-bond donors (Lipinski definition) is 2. The lowest BCUT2D eigenvalue weighted by molar-refractivity contribution is -0.125. The summed E-state index contributed by atoms with van der Waals surface area (Å²) in [5, 5.41) is 20.9. The number of carbonyl (C=O) groups excluding carboxylic acids is 1. The van der Waals surface area contributed by atoms with Crippen molar-refractivity contribution in [1.29, 1.82) is 5.26 Å². The summed E-state index contributed by atoms with van der Waals surface area (Å²) in [5.74, 6) is -0.673. The molecule has 5 heteroatoms. The number of amides is 1. The van der Waals surface area contributed by atoms with E-state index in [9.17, 15) is 9.18 Å². The van der Waals surface area contributed by atoms with Gasteiger partial charge >= 0.3 is 0 Å². The number of aliphatic hydroxyl groups excluding tert-OH is 1. The molecule has 2 aromatic rings. The summed E-state index contributed by atoms with van der Waals surface area (Å²) >= 11 is 0. The highest BCUT2D eigenvalue weighted by molar-refractivity contribution is 5.87. The Labute approximate surface area is 140 Å². The number of aliphatic hydroxyl groups is 1. The van der Waals surface area contributed by atoms with E-state index in [1.165, 1.54) is 12.1 Å². The molecule has 0 fully saturated rings. The maximum Gasteiger partial charge on any atom is 0.230 e. The Kier molecular flexibility index (Phi) is 5.32. The van der Waals surface area contributed by atoms with Crippen LogP contribution >= 0.6 is 0 Å². The van der Waals surface area contributed by atoms with Crippen LogP contribution in [0.3, 0.4) is 0 Å². The zero-order valence-electron chi connectivity index (χ0n) is 13.6. The number of carbonyl (C=O) groups is 1. The van der Waals surface area contributed by atoms with E-state index >= 15 is 0 Å². The number of hydrogen-bond acceptors (Lipinski definition) is 3. The molecule has 24 heavy (non-hydrogen) atoms. The van der Waals surface area contributed by atoms with Crippen molar-refractivity contribution in [1.82, 2.24) is 5.32 Å². The second-order valence-corrected chi connectivity index (χ2v) is 6.08.